The minimum absolute atomic E-state index is 0.217. The molecule has 2 aliphatic rings. The fourth-order valence-corrected chi connectivity index (χ4v) is 5.44. The van der Waals surface area contributed by atoms with Gasteiger partial charge >= 0.3 is 6.18 Å². The van der Waals surface area contributed by atoms with E-state index in [-0.39, 0.29) is 12.7 Å². The zero-order chi connectivity index (χ0) is 26.0. The summed E-state index contributed by atoms with van der Waals surface area (Å²) >= 11 is 1.64. The van der Waals surface area contributed by atoms with Crippen molar-refractivity contribution >= 4 is 27.3 Å². The van der Waals surface area contributed by atoms with Crippen LogP contribution in [-0.2, 0) is 11.0 Å². The van der Waals surface area contributed by atoms with Crippen molar-refractivity contribution in [1.29, 1.82) is 0 Å². The Balaban J connectivity index is 1.02. The molecule has 11 heteroatoms. The van der Waals surface area contributed by atoms with Crippen molar-refractivity contribution in [2.75, 3.05) is 45.9 Å². The van der Waals surface area contributed by atoms with Crippen molar-refractivity contribution in [3.63, 3.8) is 0 Å². The molecule has 0 bridgehead atoms. The minimum Gasteiger partial charge on any atom is -0.491 e. The molecule has 0 radical (unpaired) electrons. The van der Waals surface area contributed by atoms with Gasteiger partial charge in [0, 0.05) is 51.8 Å². The van der Waals surface area contributed by atoms with Crippen molar-refractivity contribution in [2.45, 2.75) is 31.7 Å². The molecular weight excluding hydrogens is 505 g/mol. The minimum atomic E-state index is -4.35. The number of hydrogen-bond acceptors (Lipinski definition) is 8. The lowest BCUT2D eigenvalue weighted by atomic mass is 10.0. The van der Waals surface area contributed by atoms with E-state index in [0.29, 0.717) is 30.8 Å². The first-order valence-electron chi connectivity index (χ1n) is 12.2. The van der Waals surface area contributed by atoms with Crippen LogP contribution in [0.15, 0.2) is 47.6 Å². The largest absolute Gasteiger partial charge is 0.491 e. The average Bonchev–Trinajstić information content (AvgIpc) is 3.49. The molecular formula is C26H29F3N4O3S. The number of halogens is 3. The number of ether oxygens (including phenoxy) is 1. The van der Waals surface area contributed by atoms with E-state index >= 15 is 0 Å². The molecule has 1 aromatic heterocycles. The Hall–Kier alpha value is -2.73. The van der Waals surface area contributed by atoms with E-state index in [2.05, 4.69) is 19.9 Å². The van der Waals surface area contributed by atoms with E-state index < -0.39 is 17.8 Å². The molecule has 0 amide bonds. The summed E-state index contributed by atoms with van der Waals surface area (Å²) in [6.07, 6.45) is -4.74. The predicted molar refractivity (Wildman–Crippen MR) is 136 cm³/mol. The second kappa shape index (κ2) is 10.9. The number of rotatable bonds is 8. The zero-order valence-electron chi connectivity index (χ0n) is 20.4. The second-order valence-corrected chi connectivity index (χ2v) is 10.7. The molecule has 7 nitrogen and oxygen atoms in total. The highest BCUT2D eigenvalue weighted by molar-refractivity contribution is 7.18. The predicted octanol–water partition coefficient (Wildman–Crippen LogP) is 4.50. The number of fused-ring (bicyclic) bond motifs is 1. The summed E-state index contributed by atoms with van der Waals surface area (Å²) in [5.74, 6) is 0.704. The Bertz CT molecular complexity index is 1240. The number of thiazole rings is 1. The van der Waals surface area contributed by atoms with Crippen molar-refractivity contribution in [1.82, 2.24) is 14.8 Å². The molecule has 2 aliphatic heterocycles. The third-order valence-corrected chi connectivity index (χ3v) is 7.54. The Morgan fingerprint density at radius 3 is 2.57 bits per heavy atom. The number of aromatic nitrogens is 1. The maximum atomic E-state index is 12.8. The van der Waals surface area contributed by atoms with Crippen LogP contribution in [0.3, 0.4) is 0 Å². The summed E-state index contributed by atoms with van der Waals surface area (Å²) in [5, 5.41) is 15.7. The van der Waals surface area contributed by atoms with Gasteiger partial charge in [0.15, 0.2) is 6.10 Å². The van der Waals surface area contributed by atoms with Crippen molar-refractivity contribution in [3.8, 4) is 5.75 Å². The lowest BCUT2D eigenvalue weighted by Gasteiger charge is -2.35. The molecule has 3 heterocycles. The van der Waals surface area contributed by atoms with Gasteiger partial charge in [-0.3, -0.25) is 9.80 Å². The quantitative estimate of drug-likeness (QED) is 0.459. The molecule has 1 saturated heterocycles. The lowest BCUT2D eigenvalue weighted by molar-refractivity contribution is -0.137. The number of oxime groups is 1. The van der Waals surface area contributed by atoms with Crippen molar-refractivity contribution in [3.05, 3.63) is 58.6 Å². The summed E-state index contributed by atoms with van der Waals surface area (Å²) in [5.41, 5.74) is 1.82. The molecule has 0 saturated carbocycles. The molecule has 1 N–H and O–H groups in total. The Labute approximate surface area is 217 Å². The Kier molecular flexibility index (Phi) is 7.66. The average molecular weight is 535 g/mol. The fourth-order valence-electron chi connectivity index (χ4n) is 4.63. The van der Waals surface area contributed by atoms with Gasteiger partial charge in [-0.2, -0.15) is 13.2 Å². The van der Waals surface area contributed by atoms with Gasteiger partial charge in [0.05, 0.1) is 26.5 Å². The SMILES string of the molecule is Cc1nc2cc(OC[C@H](O)CN3CCN(CC4=NOC(c5ccc(C(F)(F)F)cc5)C4)CC3)ccc2s1. The lowest BCUT2D eigenvalue weighted by Crippen LogP contribution is -2.50. The van der Waals surface area contributed by atoms with Gasteiger partial charge in [0.25, 0.3) is 0 Å². The van der Waals surface area contributed by atoms with Gasteiger partial charge in [-0.15, -0.1) is 11.3 Å². The maximum Gasteiger partial charge on any atom is 0.416 e. The highest BCUT2D eigenvalue weighted by Crippen LogP contribution is 2.33. The van der Waals surface area contributed by atoms with Gasteiger partial charge in [-0.1, -0.05) is 17.3 Å². The number of alkyl halides is 3. The Morgan fingerprint density at radius 1 is 1.11 bits per heavy atom. The highest BCUT2D eigenvalue weighted by atomic mass is 32.1. The number of aliphatic hydroxyl groups is 1. The third-order valence-electron chi connectivity index (χ3n) is 6.59. The maximum absolute atomic E-state index is 12.8. The molecule has 0 aliphatic carbocycles. The zero-order valence-corrected chi connectivity index (χ0v) is 21.3. The summed E-state index contributed by atoms with van der Waals surface area (Å²) in [6.45, 7) is 6.68. The van der Waals surface area contributed by atoms with Crippen LogP contribution >= 0.6 is 11.3 Å². The molecule has 1 unspecified atom stereocenters. The third kappa shape index (κ3) is 6.59. The second-order valence-electron chi connectivity index (χ2n) is 9.48. The topological polar surface area (TPSA) is 70.4 Å². The number of nitrogens with zero attached hydrogens (tertiary/aromatic N) is 4. The summed E-state index contributed by atoms with van der Waals surface area (Å²) in [6, 6.07) is 10.9. The summed E-state index contributed by atoms with van der Waals surface area (Å²) in [7, 11) is 0. The summed E-state index contributed by atoms with van der Waals surface area (Å²) < 4.78 is 45.3. The first-order valence-corrected chi connectivity index (χ1v) is 13.1. The van der Waals surface area contributed by atoms with E-state index in [1.54, 1.807) is 11.3 Å². The van der Waals surface area contributed by atoms with Crippen LogP contribution in [0.5, 0.6) is 5.75 Å². The molecule has 5 rings (SSSR count). The van der Waals surface area contributed by atoms with E-state index in [9.17, 15) is 18.3 Å². The standard InChI is InChI=1S/C26H29F3N4O3S/c1-17-30-23-13-22(6-7-25(23)37-17)35-16-21(34)15-33-10-8-32(9-11-33)14-20-12-24(36-31-20)18-2-4-19(5-3-18)26(27,28)29/h2-7,13,21,24,34H,8-12,14-16H2,1H3/t21-,24?/m1/s1. The smallest absolute Gasteiger partial charge is 0.416 e. The molecule has 2 atom stereocenters. The van der Waals surface area contributed by atoms with Gasteiger partial charge in [0.1, 0.15) is 18.5 Å². The monoisotopic (exact) mass is 534 g/mol. The first kappa shape index (κ1) is 25.9. The van der Waals surface area contributed by atoms with E-state index in [1.165, 1.54) is 12.1 Å². The highest BCUT2D eigenvalue weighted by Gasteiger charge is 2.31. The molecule has 2 aromatic carbocycles. The van der Waals surface area contributed by atoms with Crippen molar-refractivity contribution < 1.29 is 27.9 Å². The van der Waals surface area contributed by atoms with Crippen LogP contribution in [0.4, 0.5) is 13.2 Å². The number of aryl methyl sites for hydroxylation is 1. The van der Waals surface area contributed by atoms with Crippen LogP contribution in [0.1, 0.15) is 28.7 Å². The van der Waals surface area contributed by atoms with E-state index in [0.717, 1.165) is 59.2 Å². The van der Waals surface area contributed by atoms with Gasteiger partial charge in [0.2, 0.25) is 0 Å². The number of piperazine rings is 1. The molecule has 1 fully saturated rings. The van der Waals surface area contributed by atoms with Gasteiger partial charge in [-0.25, -0.2) is 4.98 Å². The summed E-state index contributed by atoms with van der Waals surface area (Å²) in [4.78, 5) is 14.5. The number of aliphatic hydroxyl groups excluding tert-OH is 1. The molecule has 3 aromatic rings. The van der Waals surface area contributed by atoms with Crippen LogP contribution in [0.2, 0.25) is 0 Å². The van der Waals surface area contributed by atoms with Crippen LogP contribution in [-0.4, -0.2) is 77.6 Å². The van der Waals surface area contributed by atoms with Crippen LogP contribution in [0, 0.1) is 6.92 Å². The number of β-amino-alcohol motifs (C(OH)–C–C–N with tert-alkyl or cyclic N) is 1. The van der Waals surface area contributed by atoms with Crippen molar-refractivity contribution in [2.24, 2.45) is 5.16 Å². The van der Waals surface area contributed by atoms with Crippen LogP contribution < -0.4 is 4.74 Å². The van der Waals surface area contributed by atoms with E-state index in [1.807, 2.05) is 25.1 Å². The van der Waals surface area contributed by atoms with E-state index in [4.69, 9.17) is 9.57 Å². The van der Waals surface area contributed by atoms with Gasteiger partial charge in [-0.05, 0) is 36.8 Å². The number of hydrogen-bond donors (Lipinski definition) is 1. The molecule has 37 heavy (non-hydrogen) atoms. The van der Waals surface area contributed by atoms with Crippen LogP contribution in [0.25, 0.3) is 10.2 Å². The fraction of sp³-hybridized carbons (Fsp3) is 0.462. The molecule has 0 spiro atoms. The Morgan fingerprint density at radius 2 is 1.84 bits per heavy atom. The normalized spacial score (nSPS) is 20.1. The first-order chi connectivity index (χ1) is 17.7. The molecule has 198 valence electrons. The number of benzene rings is 2. The van der Waals surface area contributed by atoms with Gasteiger partial charge < -0.3 is 14.7 Å².